The van der Waals surface area contributed by atoms with Crippen molar-refractivity contribution in [3.05, 3.63) is 23.4 Å². The third-order valence-corrected chi connectivity index (χ3v) is 2.80. The largest absolute Gasteiger partial charge is 0.383 e. The maximum atomic E-state index is 5.94. The monoisotopic (exact) mass is 222 g/mol. The summed E-state index contributed by atoms with van der Waals surface area (Å²) >= 11 is 0. The van der Waals surface area contributed by atoms with Gasteiger partial charge in [0, 0.05) is 17.8 Å². The second kappa shape index (κ2) is 5.82. The van der Waals surface area contributed by atoms with Crippen molar-refractivity contribution >= 4 is 5.82 Å². The summed E-state index contributed by atoms with van der Waals surface area (Å²) in [5.74, 6) is 0.637. The minimum Gasteiger partial charge on any atom is -0.383 e. The Bertz CT molecular complexity index is 316. The lowest BCUT2D eigenvalue weighted by Crippen LogP contribution is -2.24. The van der Waals surface area contributed by atoms with Crippen LogP contribution in [0.2, 0.25) is 0 Å². The number of hydrogen-bond donors (Lipinski definition) is 2. The molecule has 1 rings (SSSR count). The SMILES string of the molecule is CNC(CCN(C)C)c1c(C)ccnc1N. The van der Waals surface area contributed by atoms with Gasteiger partial charge in [0.1, 0.15) is 5.82 Å². The summed E-state index contributed by atoms with van der Waals surface area (Å²) in [7, 11) is 6.12. The molecule has 0 amide bonds. The quantitative estimate of drug-likeness (QED) is 0.785. The molecular formula is C12H22N4. The number of aromatic nitrogens is 1. The summed E-state index contributed by atoms with van der Waals surface area (Å²) in [4.78, 5) is 6.33. The molecule has 3 N–H and O–H groups in total. The number of nitrogens with zero attached hydrogens (tertiary/aromatic N) is 2. The second-order valence-electron chi connectivity index (χ2n) is 4.36. The molecule has 1 aromatic rings. The predicted molar refractivity (Wildman–Crippen MR) is 68.4 cm³/mol. The Morgan fingerprint density at radius 2 is 2.19 bits per heavy atom. The summed E-state index contributed by atoms with van der Waals surface area (Å²) in [5, 5.41) is 3.31. The van der Waals surface area contributed by atoms with Crippen LogP contribution in [0.4, 0.5) is 5.82 Å². The highest BCUT2D eigenvalue weighted by Gasteiger charge is 2.15. The number of hydrogen-bond acceptors (Lipinski definition) is 4. The lowest BCUT2D eigenvalue weighted by molar-refractivity contribution is 0.368. The van der Waals surface area contributed by atoms with Gasteiger partial charge in [-0.15, -0.1) is 0 Å². The number of aryl methyl sites for hydroxylation is 1. The number of rotatable bonds is 5. The average molecular weight is 222 g/mol. The van der Waals surface area contributed by atoms with Crippen molar-refractivity contribution in [1.29, 1.82) is 0 Å². The topological polar surface area (TPSA) is 54.2 Å². The number of nitrogens with two attached hydrogens (primary N) is 1. The van der Waals surface area contributed by atoms with Crippen LogP contribution >= 0.6 is 0 Å². The highest BCUT2D eigenvalue weighted by Crippen LogP contribution is 2.24. The van der Waals surface area contributed by atoms with Gasteiger partial charge in [0.25, 0.3) is 0 Å². The van der Waals surface area contributed by atoms with Crippen molar-refractivity contribution in [3.63, 3.8) is 0 Å². The fourth-order valence-electron chi connectivity index (χ4n) is 1.86. The predicted octanol–water partition coefficient (Wildman–Crippen LogP) is 1.18. The first kappa shape index (κ1) is 12.9. The van der Waals surface area contributed by atoms with E-state index < -0.39 is 0 Å². The van der Waals surface area contributed by atoms with Crippen LogP contribution < -0.4 is 11.1 Å². The molecule has 0 saturated carbocycles. The molecule has 1 heterocycles. The Hall–Kier alpha value is -1.13. The van der Waals surface area contributed by atoms with Gasteiger partial charge < -0.3 is 16.0 Å². The molecule has 0 fully saturated rings. The van der Waals surface area contributed by atoms with E-state index in [9.17, 15) is 0 Å². The molecule has 0 aromatic carbocycles. The van der Waals surface area contributed by atoms with Crippen molar-refractivity contribution < 1.29 is 0 Å². The molecule has 4 heteroatoms. The summed E-state index contributed by atoms with van der Waals surface area (Å²) in [6.45, 7) is 3.10. The van der Waals surface area contributed by atoms with Crippen LogP contribution in [0.25, 0.3) is 0 Å². The van der Waals surface area contributed by atoms with Crippen molar-refractivity contribution in [2.75, 3.05) is 33.4 Å². The molecular weight excluding hydrogens is 200 g/mol. The zero-order chi connectivity index (χ0) is 12.1. The molecule has 0 bridgehead atoms. The van der Waals surface area contributed by atoms with Crippen molar-refractivity contribution in [3.8, 4) is 0 Å². The Balaban J connectivity index is 2.86. The van der Waals surface area contributed by atoms with Crippen LogP contribution in [0.15, 0.2) is 12.3 Å². The van der Waals surface area contributed by atoms with Gasteiger partial charge in [-0.1, -0.05) is 0 Å². The second-order valence-corrected chi connectivity index (χ2v) is 4.36. The Kier molecular flexibility index (Phi) is 4.71. The molecule has 0 spiro atoms. The van der Waals surface area contributed by atoms with Gasteiger partial charge in [0.2, 0.25) is 0 Å². The van der Waals surface area contributed by atoms with Crippen molar-refractivity contribution in [2.45, 2.75) is 19.4 Å². The summed E-state index contributed by atoms with van der Waals surface area (Å²) in [6.07, 6.45) is 2.78. The molecule has 0 aliphatic carbocycles. The van der Waals surface area contributed by atoms with E-state index in [4.69, 9.17) is 5.73 Å². The van der Waals surface area contributed by atoms with E-state index >= 15 is 0 Å². The lowest BCUT2D eigenvalue weighted by Gasteiger charge is -2.21. The fourth-order valence-corrected chi connectivity index (χ4v) is 1.86. The molecule has 0 aliphatic heterocycles. The van der Waals surface area contributed by atoms with Crippen LogP contribution in [-0.2, 0) is 0 Å². The van der Waals surface area contributed by atoms with Crippen LogP contribution in [0.1, 0.15) is 23.6 Å². The Labute approximate surface area is 97.9 Å². The van der Waals surface area contributed by atoms with Crippen LogP contribution in [-0.4, -0.2) is 37.6 Å². The fraction of sp³-hybridized carbons (Fsp3) is 0.583. The van der Waals surface area contributed by atoms with Gasteiger partial charge in [-0.05, 0) is 52.7 Å². The normalized spacial score (nSPS) is 13.1. The first-order chi connectivity index (χ1) is 7.56. The highest BCUT2D eigenvalue weighted by molar-refractivity contribution is 5.46. The number of nitrogens with one attached hydrogen (secondary N) is 1. The third kappa shape index (κ3) is 3.18. The Morgan fingerprint density at radius 1 is 1.50 bits per heavy atom. The van der Waals surface area contributed by atoms with Gasteiger partial charge in [-0.25, -0.2) is 4.98 Å². The van der Waals surface area contributed by atoms with Gasteiger partial charge >= 0.3 is 0 Å². The van der Waals surface area contributed by atoms with Gasteiger partial charge in [-0.2, -0.15) is 0 Å². The van der Waals surface area contributed by atoms with Gasteiger partial charge in [-0.3, -0.25) is 0 Å². The molecule has 4 nitrogen and oxygen atoms in total. The number of pyridine rings is 1. The van der Waals surface area contributed by atoms with Gasteiger partial charge in [0.15, 0.2) is 0 Å². The zero-order valence-electron chi connectivity index (χ0n) is 10.6. The molecule has 16 heavy (non-hydrogen) atoms. The minimum absolute atomic E-state index is 0.274. The number of anilines is 1. The minimum atomic E-state index is 0.274. The maximum absolute atomic E-state index is 5.94. The van der Waals surface area contributed by atoms with Crippen molar-refractivity contribution in [2.24, 2.45) is 0 Å². The third-order valence-electron chi connectivity index (χ3n) is 2.80. The van der Waals surface area contributed by atoms with Crippen LogP contribution in [0, 0.1) is 6.92 Å². The summed E-state index contributed by atoms with van der Waals surface area (Å²) < 4.78 is 0. The van der Waals surface area contributed by atoms with Crippen LogP contribution in [0.5, 0.6) is 0 Å². The molecule has 0 radical (unpaired) electrons. The molecule has 1 unspecified atom stereocenters. The van der Waals surface area contributed by atoms with E-state index in [0.29, 0.717) is 5.82 Å². The summed E-state index contributed by atoms with van der Waals surface area (Å²) in [5.41, 5.74) is 8.27. The smallest absolute Gasteiger partial charge is 0.128 e. The molecule has 90 valence electrons. The van der Waals surface area contributed by atoms with E-state index in [0.717, 1.165) is 18.5 Å². The number of nitrogen functional groups attached to an aromatic ring is 1. The first-order valence-corrected chi connectivity index (χ1v) is 5.59. The van der Waals surface area contributed by atoms with Crippen molar-refractivity contribution in [1.82, 2.24) is 15.2 Å². The summed E-state index contributed by atoms with van der Waals surface area (Å²) in [6, 6.07) is 2.28. The molecule has 0 aliphatic rings. The van der Waals surface area contributed by atoms with Crippen LogP contribution in [0.3, 0.4) is 0 Å². The molecule has 1 atom stereocenters. The Morgan fingerprint density at radius 3 is 2.69 bits per heavy atom. The van der Waals surface area contributed by atoms with E-state index in [1.807, 2.05) is 13.1 Å². The van der Waals surface area contributed by atoms with E-state index in [2.05, 4.69) is 36.2 Å². The van der Waals surface area contributed by atoms with E-state index in [1.54, 1.807) is 6.20 Å². The maximum Gasteiger partial charge on any atom is 0.128 e. The molecule has 1 aromatic heterocycles. The first-order valence-electron chi connectivity index (χ1n) is 5.59. The van der Waals surface area contributed by atoms with E-state index in [1.165, 1.54) is 5.56 Å². The standard InChI is InChI=1S/C12H22N4/c1-9-5-7-15-12(13)11(9)10(14-2)6-8-16(3)4/h5,7,10,14H,6,8H2,1-4H3,(H2,13,15). The zero-order valence-corrected chi connectivity index (χ0v) is 10.6. The average Bonchev–Trinajstić information content (AvgIpc) is 2.22. The lowest BCUT2D eigenvalue weighted by atomic mass is 10.00. The highest BCUT2D eigenvalue weighted by atomic mass is 15.1. The van der Waals surface area contributed by atoms with Gasteiger partial charge in [0.05, 0.1) is 0 Å². The van der Waals surface area contributed by atoms with E-state index in [-0.39, 0.29) is 6.04 Å². The molecule has 0 saturated heterocycles.